The highest BCUT2D eigenvalue weighted by atomic mass is 16.6. The summed E-state index contributed by atoms with van der Waals surface area (Å²) >= 11 is 0. The highest BCUT2D eigenvalue weighted by Crippen LogP contribution is 2.43. The fourth-order valence-electron chi connectivity index (χ4n) is 4.33. The van der Waals surface area contributed by atoms with Gasteiger partial charge in [0.2, 0.25) is 5.96 Å². The van der Waals surface area contributed by atoms with Crippen LogP contribution in [0.2, 0.25) is 0 Å². The molecule has 11 nitrogen and oxygen atoms in total. The molecule has 1 aliphatic heterocycles. The van der Waals surface area contributed by atoms with Gasteiger partial charge in [-0.2, -0.15) is 0 Å². The minimum Gasteiger partial charge on any atom is -0.469 e. The number of carbonyl (C=O) groups is 3. The van der Waals surface area contributed by atoms with Crippen LogP contribution in [0.3, 0.4) is 0 Å². The Kier molecular flexibility index (Phi) is 9.13. The van der Waals surface area contributed by atoms with Crippen molar-refractivity contribution in [1.29, 1.82) is 0 Å². The van der Waals surface area contributed by atoms with Crippen LogP contribution in [0.4, 0.5) is 9.59 Å². The Morgan fingerprint density at radius 3 is 1.97 bits per heavy atom. The van der Waals surface area contributed by atoms with Gasteiger partial charge >= 0.3 is 18.2 Å². The van der Waals surface area contributed by atoms with Gasteiger partial charge in [-0.3, -0.25) is 15.4 Å². The van der Waals surface area contributed by atoms with Gasteiger partial charge in [0.05, 0.1) is 30.7 Å². The van der Waals surface area contributed by atoms with E-state index in [9.17, 15) is 14.4 Å². The number of nitrogens with one attached hydrogen (secondary N) is 2. The van der Waals surface area contributed by atoms with E-state index in [0.29, 0.717) is 6.42 Å². The lowest BCUT2D eigenvalue weighted by Crippen LogP contribution is -2.48. The first-order chi connectivity index (χ1) is 16.2. The molecule has 1 heterocycles. The molecule has 0 saturated heterocycles. The minimum absolute atomic E-state index is 0.140. The van der Waals surface area contributed by atoms with Crippen molar-refractivity contribution in [1.82, 2.24) is 10.6 Å². The smallest absolute Gasteiger partial charge is 0.414 e. The molecule has 0 radical (unpaired) electrons. The molecule has 0 aromatic heterocycles. The summed E-state index contributed by atoms with van der Waals surface area (Å²) in [4.78, 5) is 47.8. The average Bonchev–Trinajstić information content (AvgIpc) is 3.27. The molecule has 198 valence electrons. The number of hydrogen-bond acceptors (Lipinski definition) is 9. The zero-order valence-corrected chi connectivity index (χ0v) is 22.3. The third-order valence-corrected chi connectivity index (χ3v) is 5.72. The number of alkyl carbamates (subject to hydrolysis) is 2. The monoisotopic (exact) mass is 496 g/mol. The molecule has 0 spiro atoms. The third-order valence-electron chi connectivity index (χ3n) is 5.72. The highest BCUT2D eigenvalue weighted by molar-refractivity contribution is 6.02. The normalized spacial score (nSPS) is 23.5. The van der Waals surface area contributed by atoms with E-state index in [2.05, 4.69) is 34.6 Å². The van der Waals surface area contributed by atoms with Gasteiger partial charge in [-0.05, 0) is 60.8 Å². The zero-order valence-electron chi connectivity index (χ0n) is 22.3. The fraction of sp³-hybridized carbons (Fsp3) is 0.792. The summed E-state index contributed by atoms with van der Waals surface area (Å²) in [7, 11) is 1.32. The zero-order chi connectivity index (χ0) is 26.6. The van der Waals surface area contributed by atoms with Gasteiger partial charge in [0.25, 0.3) is 0 Å². The number of hydrogen-bond donors (Lipinski definition) is 2. The number of esters is 1. The lowest BCUT2D eigenvalue weighted by molar-refractivity contribution is -0.149. The van der Waals surface area contributed by atoms with Crippen molar-refractivity contribution < 1.29 is 33.4 Å². The summed E-state index contributed by atoms with van der Waals surface area (Å²) in [6.45, 7) is 14.5. The number of aliphatic imine (C=N–C) groups is 1. The Hall–Kier alpha value is -2.85. The van der Waals surface area contributed by atoms with Gasteiger partial charge in [0, 0.05) is 5.92 Å². The summed E-state index contributed by atoms with van der Waals surface area (Å²) < 4.78 is 15.6. The van der Waals surface area contributed by atoms with Gasteiger partial charge in [-0.1, -0.05) is 19.0 Å². The maximum Gasteiger partial charge on any atom is 0.414 e. The van der Waals surface area contributed by atoms with Crippen LogP contribution in [0.15, 0.2) is 10.1 Å². The van der Waals surface area contributed by atoms with Crippen molar-refractivity contribution in [2.75, 3.05) is 7.11 Å². The molecular weight excluding hydrogens is 456 g/mol. The number of fused-ring (bicyclic) bond motifs is 1. The van der Waals surface area contributed by atoms with E-state index in [4.69, 9.17) is 19.0 Å². The molecule has 35 heavy (non-hydrogen) atoms. The second kappa shape index (κ2) is 11.3. The van der Waals surface area contributed by atoms with E-state index in [1.807, 2.05) is 0 Å². The van der Waals surface area contributed by atoms with E-state index >= 15 is 0 Å². The second-order valence-electron chi connectivity index (χ2n) is 10.8. The number of methoxy groups -OCH3 is 1. The quantitative estimate of drug-likeness (QED) is 0.256. The van der Waals surface area contributed by atoms with Crippen molar-refractivity contribution in [3.8, 4) is 0 Å². The molecule has 1 fully saturated rings. The SMILES string of the molecule is CCC(CC)C1=NOC2C(C(=O)OC)CC(N=C(NC(=O)OC(C)(C)C)NC(=O)OC(C)(C)C)C12. The first-order valence-corrected chi connectivity index (χ1v) is 12.1. The van der Waals surface area contributed by atoms with Crippen molar-refractivity contribution in [2.24, 2.45) is 27.9 Å². The van der Waals surface area contributed by atoms with Gasteiger partial charge in [-0.25, -0.2) is 14.6 Å². The molecule has 11 heteroatoms. The van der Waals surface area contributed by atoms with Crippen LogP contribution in [0.5, 0.6) is 0 Å². The Morgan fingerprint density at radius 2 is 1.54 bits per heavy atom. The van der Waals surface area contributed by atoms with Crippen LogP contribution >= 0.6 is 0 Å². The summed E-state index contributed by atoms with van der Waals surface area (Å²) in [6, 6.07) is -0.508. The molecule has 2 N–H and O–H groups in total. The lowest BCUT2D eigenvalue weighted by Gasteiger charge is -2.24. The largest absolute Gasteiger partial charge is 0.469 e. The molecular formula is C24H40N4O7. The van der Waals surface area contributed by atoms with Crippen LogP contribution in [0.1, 0.15) is 74.7 Å². The Bertz CT molecular complexity index is 821. The van der Waals surface area contributed by atoms with Crippen LogP contribution in [-0.2, 0) is 23.8 Å². The van der Waals surface area contributed by atoms with E-state index in [-0.39, 0.29) is 17.8 Å². The van der Waals surface area contributed by atoms with Gasteiger partial charge in [0.1, 0.15) is 11.2 Å². The Morgan fingerprint density at radius 1 is 1.03 bits per heavy atom. The third kappa shape index (κ3) is 7.83. The number of ether oxygens (including phenoxy) is 3. The molecule has 0 bridgehead atoms. The summed E-state index contributed by atoms with van der Waals surface area (Å²) in [5.41, 5.74) is -0.692. The number of oxime groups is 1. The first-order valence-electron chi connectivity index (χ1n) is 12.1. The molecule has 2 rings (SSSR count). The van der Waals surface area contributed by atoms with Gasteiger partial charge in [-0.15, -0.1) is 0 Å². The summed E-state index contributed by atoms with van der Waals surface area (Å²) in [6.07, 6.45) is -0.112. The molecule has 2 amide bonds. The number of rotatable bonds is 5. The van der Waals surface area contributed by atoms with Gasteiger partial charge in [0.15, 0.2) is 6.10 Å². The van der Waals surface area contributed by atoms with Crippen LogP contribution in [0.25, 0.3) is 0 Å². The van der Waals surface area contributed by atoms with E-state index in [1.165, 1.54) is 7.11 Å². The average molecular weight is 497 g/mol. The number of guanidine groups is 1. The molecule has 2 aliphatic rings. The van der Waals surface area contributed by atoms with Crippen molar-refractivity contribution in [3.63, 3.8) is 0 Å². The molecule has 4 unspecified atom stereocenters. The molecule has 1 aliphatic carbocycles. The first kappa shape index (κ1) is 28.4. The molecule has 1 saturated carbocycles. The number of nitrogens with zero attached hydrogens (tertiary/aromatic N) is 2. The van der Waals surface area contributed by atoms with E-state index in [0.717, 1.165) is 18.6 Å². The second-order valence-corrected chi connectivity index (χ2v) is 10.8. The van der Waals surface area contributed by atoms with Crippen LogP contribution in [-0.4, -0.2) is 60.3 Å². The van der Waals surface area contributed by atoms with Crippen molar-refractivity contribution >= 4 is 29.8 Å². The maximum absolute atomic E-state index is 12.5. The molecule has 0 aromatic carbocycles. The maximum atomic E-state index is 12.5. The molecule has 0 aromatic rings. The summed E-state index contributed by atoms with van der Waals surface area (Å²) in [5.74, 6) is -1.29. The lowest BCUT2D eigenvalue weighted by atomic mass is 9.84. The van der Waals surface area contributed by atoms with Crippen molar-refractivity contribution in [2.45, 2.75) is 98.0 Å². The minimum atomic E-state index is -0.789. The molecule has 4 atom stereocenters. The number of amides is 2. The standard InChI is InChI=1S/C24H40N4O7/c1-10-13(11-2)17-16-15(12-14(19(29)32-9)18(16)35-28-17)25-20(26-21(30)33-23(3,4)5)27-22(31)34-24(6,7)8/h13-16,18H,10-12H2,1-9H3,(H2,25,26,27,30,31). The predicted molar refractivity (Wildman–Crippen MR) is 130 cm³/mol. The summed E-state index contributed by atoms with van der Waals surface area (Å²) in [5, 5.41) is 9.34. The van der Waals surface area contributed by atoms with Crippen LogP contribution < -0.4 is 10.6 Å². The Balaban J connectivity index is 2.40. The van der Waals surface area contributed by atoms with Crippen molar-refractivity contribution in [3.05, 3.63) is 0 Å². The topological polar surface area (TPSA) is 137 Å². The van der Waals surface area contributed by atoms with Crippen LogP contribution in [0, 0.1) is 17.8 Å². The highest BCUT2D eigenvalue weighted by Gasteiger charge is 2.55. The number of carbonyl (C=O) groups excluding carboxylic acids is 3. The predicted octanol–water partition coefficient (Wildman–Crippen LogP) is 3.76. The Labute approximate surface area is 207 Å². The van der Waals surface area contributed by atoms with Gasteiger partial charge < -0.3 is 19.0 Å². The fourth-order valence-corrected chi connectivity index (χ4v) is 4.33. The van der Waals surface area contributed by atoms with E-state index < -0.39 is 47.4 Å². The van der Waals surface area contributed by atoms with E-state index in [1.54, 1.807) is 41.5 Å².